The molecule has 0 unspecified atom stereocenters. The third-order valence-electron chi connectivity index (χ3n) is 9.68. The lowest BCUT2D eigenvalue weighted by Gasteiger charge is -2.07. The number of amides is 1. The summed E-state index contributed by atoms with van der Waals surface area (Å²) in [5.74, 6) is -0.0338. The van der Waals surface area contributed by atoms with Crippen LogP contribution in [0, 0.1) is 0 Å². The van der Waals surface area contributed by atoms with E-state index in [4.69, 9.17) is 4.74 Å². The number of rotatable bonds is 39. The zero-order valence-electron chi connectivity index (χ0n) is 31.6. The van der Waals surface area contributed by atoms with Gasteiger partial charge in [-0.1, -0.05) is 219 Å². The fourth-order valence-electron chi connectivity index (χ4n) is 6.52. The topological polar surface area (TPSA) is 55.4 Å². The number of esters is 1. The number of hydrogen-bond acceptors (Lipinski definition) is 3. The summed E-state index contributed by atoms with van der Waals surface area (Å²) in [6.45, 7) is 5.30. The first-order chi connectivity index (χ1) is 22.7. The van der Waals surface area contributed by atoms with Gasteiger partial charge in [-0.2, -0.15) is 0 Å². The highest BCUT2D eigenvalue weighted by molar-refractivity contribution is 5.75. The van der Waals surface area contributed by atoms with E-state index >= 15 is 0 Å². The molecule has 0 heterocycles. The molecule has 0 aliphatic rings. The number of carbonyl (C=O) groups excluding carboxylic acids is 2. The van der Waals surface area contributed by atoms with Crippen LogP contribution in [0.15, 0.2) is 0 Å². The molecule has 1 amide bonds. The summed E-state index contributed by atoms with van der Waals surface area (Å²) in [4.78, 5) is 24.0. The Bertz CT molecular complexity index is 556. The lowest BCUT2D eigenvalue weighted by Crippen LogP contribution is -2.27. The van der Waals surface area contributed by atoms with Crippen molar-refractivity contribution in [2.24, 2.45) is 0 Å². The Morgan fingerprint density at radius 2 is 0.630 bits per heavy atom. The molecule has 0 aromatic rings. The molecular weight excluding hydrogens is 566 g/mol. The van der Waals surface area contributed by atoms with Gasteiger partial charge in [0, 0.05) is 12.8 Å². The van der Waals surface area contributed by atoms with Crippen molar-refractivity contribution in [1.29, 1.82) is 0 Å². The van der Waals surface area contributed by atoms with Gasteiger partial charge in [-0.3, -0.25) is 9.59 Å². The van der Waals surface area contributed by atoms with Crippen LogP contribution in [0.1, 0.15) is 245 Å². The van der Waals surface area contributed by atoms with E-state index in [1.54, 1.807) is 0 Å². The average molecular weight is 650 g/mol. The lowest BCUT2D eigenvalue weighted by molar-refractivity contribution is -0.144. The van der Waals surface area contributed by atoms with Crippen molar-refractivity contribution in [2.75, 3.05) is 13.2 Å². The van der Waals surface area contributed by atoms with Gasteiger partial charge in [0.1, 0.15) is 6.61 Å². The highest BCUT2D eigenvalue weighted by Crippen LogP contribution is 2.16. The number of hydrogen-bond donors (Lipinski definition) is 1. The first-order valence-corrected chi connectivity index (χ1v) is 21.1. The van der Waals surface area contributed by atoms with Crippen molar-refractivity contribution in [3.8, 4) is 0 Å². The van der Waals surface area contributed by atoms with Crippen LogP contribution in [0.5, 0.6) is 0 Å². The smallest absolute Gasteiger partial charge is 0.305 e. The SMILES string of the molecule is CCCCCCCCCCCCCCCCCCCC(=O)NCCOC(=O)CCCCCCCCCCCCCCCCCCC. The molecule has 0 fully saturated rings. The molecule has 4 nitrogen and oxygen atoms in total. The van der Waals surface area contributed by atoms with Gasteiger partial charge in [0.25, 0.3) is 0 Å². The van der Waals surface area contributed by atoms with Gasteiger partial charge in [0.15, 0.2) is 0 Å². The number of nitrogens with one attached hydrogen (secondary N) is 1. The van der Waals surface area contributed by atoms with Gasteiger partial charge >= 0.3 is 5.97 Å². The highest BCUT2D eigenvalue weighted by atomic mass is 16.5. The molecule has 0 saturated carbocycles. The van der Waals surface area contributed by atoms with Crippen LogP contribution >= 0.6 is 0 Å². The third kappa shape index (κ3) is 39.1. The number of carbonyl (C=O) groups is 2. The standard InChI is InChI=1S/C42H83NO3/c1-3-5-7-9-11-13-15-17-19-21-23-25-27-29-31-33-35-37-41(44)43-39-40-46-42(45)38-36-34-32-30-28-26-24-22-20-18-16-14-12-10-8-6-4-2/h3-40H2,1-2H3,(H,43,44). The Morgan fingerprint density at radius 3 is 0.935 bits per heavy atom. The minimum atomic E-state index is -0.122. The zero-order valence-corrected chi connectivity index (χ0v) is 31.6. The summed E-state index contributed by atoms with van der Waals surface area (Å²) in [6, 6.07) is 0. The van der Waals surface area contributed by atoms with Crippen LogP contribution in [0.2, 0.25) is 0 Å². The Morgan fingerprint density at radius 1 is 0.370 bits per heavy atom. The largest absolute Gasteiger partial charge is 0.464 e. The summed E-state index contributed by atoms with van der Waals surface area (Å²) in [6.07, 6.45) is 46.9. The second-order valence-corrected chi connectivity index (χ2v) is 14.4. The van der Waals surface area contributed by atoms with E-state index in [0.29, 0.717) is 26.0 Å². The summed E-state index contributed by atoms with van der Waals surface area (Å²) in [5.41, 5.74) is 0. The highest BCUT2D eigenvalue weighted by Gasteiger charge is 2.05. The third-order valence-corrected chi connectivity index (χ3v) is 9.68. The first kappa shape index (κ1) is 44.9. The second-order valence-electron chi connectivity index (χ2n) is 14.4. The van der Waals surface area contributed by atoms with Crippen molar-refractivity contribution in [1.82, 2.24) is 5.32 Å². The van der Waals surface area contributed by atoms with E-state index in [-0.39, 0.29) is 11.9 Å². The minimum absolute atomic E-state index is 0.0881. The van der Waals surface area contributed by atoms with E-state index in [0.717, 1.165) is 25.7 Å². The number of ether oxygens (including phenoxy) is 1. The quantitative estimate of drug-likeness (QED) is 0.0532. The molecule has 0 atom stereocenters. The molecule has 0 radical (unpaired) electrons. The fourth-order valence-corrected chi connectivity index (χ4v) is 6.52. The monoisotopic (exact) mass is 650 g/mol. The molecule has 1 N–H and O–H groups in total. The van der Waals surface area contributed by atoms with E-state index in [9.17, 15) is 9.59 Å². The van der Waals surface area contributed by atoms with Crippen LogP contribution < -0.4 is 5.32 Å². The van der Waals surface area contributed by atoms with Crippen LogP contribution in [-0.2, 0) is 14.3 Å². The molecule has 0 aromatic carbocycles. The molecule has 0 rings (SSSR count). The van der Waals surface area contributed by atoms with Crippen LogP contribution in [-0.4, -0.2) is 25.0 Å². The van der Waals surface area contributed by atoms with Crippen LogP contribution in [0.3, 0.4) is 0 Å². The van der Waals surface area contributed by atoms with Crippen LogP contribution in [0.4, 0.5) is 0 Å². The molecule has 0 aliphatic heterocycles. The predicted octanol–water partition coefficient (Wildman–Crippen LogP) is 13.7. The molecule has 274 valence electrons. The summed E-state index contributed by atoms with van der Waals surface area (Å²) >= 11 is 0. The molecule has 0 aliphatic carbocycles. The van der Waals surface area contributed by atoms with E-state index in [1.165, 1.54) is 193 Å². The Labute approximate surface area is 289 Å². The van der Waals surface area contributed by atoms with E-state index in [1.807, 2.05) is 0 Å². The van der Waals surface area contributed by atoms with Crippen molar-refractivity contribution in [3.63, 3.8) is 0 Å². The van der Waals surface area contributed by atoms with E-state index < -0.39 is 0 Å². The molecular formula is C42H83NO3. The Hall–Kier alpha value is -1.06. The summed E-state index contributed by atoms with van der Waals surface area (Å²) < 4.78 is 5.31. The first-order valence-electron chi connectivity index (χ1n) is 21.1. The van der Waals surface area contributed by atoms with Gasteiger partial charge in [-0.05, 0) is 12.8 Å². The fraction of sp³-hybridized carbons (Fsp3) is 0.952. The van der Waals surface area contributed by atoms with Gasteiger partial charge in [0.05, 0.1) is 6.54 Å². The Kier molecular flexibility index (Phi) is 39.2. The van der Waals surface area contributed by atoms with Crippen molar-refractivity contribution < 1.29 is 14.3 Å². The van der Waals surface area contributed by atoms with Crippen molar-refractivity contribution >= 4 is 11.9 Å². The Balaban J connectivity index is 3.25. The maximum atomic E-state index is 12.0. The zero-order chi connectivity index (χ0) is 33.4. The average Bonchev–Trinajstić information content (AvgIpc) is 3.06. The van der Waals surface area contributed by atoms with E-state index in [2.05, 4.69) is 19.2 Å². The summed E-state index contributed by atoms with van der Waals surface area (Å²) in [7, 11) is 0. The molecule has 0 bridgehead atoms. The maximum absolute atomic E-state index is 12.0. The number of unbranched alkanes of at least 4 members (excludes halogenated alkanes) is 32. The molecule has 0 spiro atoms. The minimum Gasteiger partial charge on any atom is -0.464 e. The molecule has 0 aromatic heterocycles. The molecule has 0 saturated heterocycles. The normalized spacial score (nSPS) is 11.3. The van der Waals surface area contributed by atoms with Gasteiger partial charge < -0.3 is 10.1 Å². The van der Waals surface area contributed by atoms with Crippen LogP contribution in [0.25, 0.3) is 0 Å². The molecule has 46 heavy (non-hydrogen) atoms. The van der Waals surface area contributed by atoms with Gasteiger partial charge in [-0.15, -0.1) is 0 Å². The lowest BCUT2D eigenvalue weighted by atomic mass is 10.0. The summed E-state index contributed by atoms with van der Waals surface area (Å²) in [5, 5.41) is 2.90. The molecule has 4 heteroatoms. The van der Waals surface area contributed by atoms with Gasteiger partial charge in [-0.25, -0.2) is 0 Å². The van der Waals surface area contributed by atoms with Crippen molar-refractivity contribution in [3.05, 3.63) is 0 Å². The second kappa shape index (κ2) is 40.1. The predicted molar refractivity (Wildman–Crippen MR) is 202 cm³/mol. The van der Waals surface area contributed by atoms with Crippen molar-refractivity contribution in [2.45, 2.75) is 245 Å². The van der Waals surface area contributed by atoms with Gasteiger partial charge in [0.2, 0.25) is 5.91 Å². The maximum Gasteiger partial charge on any atom is 0.305 e.